The van der Waals surface area contributed by atoms with Crippen LogP contribution < -0.4 is 0 Å². The molecule has 0 fully saturated rings. The molecule has 3 nitrogen and oxygen atoms in total. The predicted molar refractivity (Wildman–Crippen MR) is 155 cm³/mol. The van der Waals surface area contributed by atoms with Gasteiger partial charge < -0.3 is 9.59 Å². The number of nitrogens with zero attached hydrogens (tertiary/aromatic N) is 1. The van der Waals surface area contributed by atoms with Gasteiger partial charge in [0.05, 0.1) is 20.6 Å². The number of carboxylic acids is 1. The van der Waals surface area contributed by atoms with Crippen LogP contribution in [-0.2, 0) is 4.79 Å². The molecule has 1 unspecified atom stereocenters. The van der Waals surface area contributed by atoms with Crippen molar-refractivity contribution in [2.45, 2.75) is 180 Å². The van der Waals surface area contributed by atoms with Crippen molar-refractivity contribution in [1.29, 1.82) is 0 Å². The van der Waals surface area contributed by atoms with Crippen molar-refractivity contribution in [3.63, 3.8) is 0 Å². The molecule has 0 radical (unpaired) electrons. The van der Waals surface area contributed by atoms with E-state index in [2.05, 4.69) is 27.9 Å². The summed E-state index contributed by atoms with van der Waals surface area (Å²) >= 11 is 0. The Bertz CT molecular complexity index is 476. The number of rotatable bonds is 27. The third-order valence-corrected chi connectivity index (χ3v) is 8.63. The van der Waals surface area contributed by atoms with Crippen LogP contribution in [0.3, 0.4) is 0 Å². The smallest absolute Gasteiger partial charge is 0.365 e. The summed E-state index contributed by atoms with van der Waals surface area (Å²) in [6.07, 6.45) is 31.4. The van der Waals surface area contributed by atoms with Crippen LogP contribution in [0.5, 0.6) is 0 Å². The molecule has 0 aromatic carbocycles. The van der Waals surface area contributed by atoms with Crippen LogP contribution in [-0.4, -0.2) is 41.7 Å². The summed E-state index contributed by atoms with van der Waals surface area (Å²) in [5, 5.41) is 10.1. The van der Waals surface area contributed by atoms with E-state index in [9.17, 15) is 9.90 Å². The summed E-state index contributed by atoms with van der Waals surface area (Å²) < 4.78 is 0.609. The number of aliphatic carboxylic acids is 1. The lowest BCUT2D eigenvalue weighted by Gasteiger charge is -2.44. The zero-order chi connectivity index (χ0) is 26.3. The minimum Gasteiger partial charge on any atom is -0.477 e. The van der Waals surface area contributed by atoms with E-state index in [0.717, 1.165) is 25.8 Å². The number of hydrogen-bond acceptors (Lipinski definition) is 1. The van der Waals surface area contributed by atoms with E-state index in [1.54, 1.807) is 0 Å². The minimum absolute atomic E-state index is 0.609. The first-order valence-corrected chi connectivity index (χ1v) is 15.9. The van der Waals surface area contributed by atoms with Crippen LogP contribution in [0, 0.1) is 0 Å². The van der Waals surface area contributed by atoms with E-state index in [0.29, 0.717) is 4.48 Å². The number of carbonyl (C=O) groups is 1. The molecule has 0 aromatic heterocycles. The summed E-state index contributed by atoms with van der Waals surface area (Å²) in [6.45, 7) is 7.51. The first kappa shape index (κ1) is 34.4. The fourth-order valence-electron chi connectivity index (χ4n) is 5.40. The maximum atomic E-state index is 12.3. The predicted octanol–water partition coefficient (Wildman–Crippen LogP) is 10.3. The Morgan fingerprint density at radius 1 is 0.543 bits per heavy atom. The molecule has 0 aliphatic carbocycles. The monoisotopic (exact) mass is 497 g/mol. The van der Waals surface area contributed by atoms with Crippen LogP contribution in [0.1, 0.15) is 175 Å². The van der Waals surface area contributed by atoms with Gasteiger partial charge in [0.2, 0.25) is 0 Å². The van der Waals surface area contributed by atoms with Crippen LogP contribution in [0.2, 0.25) is 0 Å². The summed E-state index contributed by atoms with van der Waals surface area (Å²) in [4.78, 5) is 12.3. The molecule has 0 aromatic rings. The highest BCUT2D eigenvalue weighted by atomic mass is 16.4. The first-order chi connectivity index (χ1) is 16.8. The molecule has 210 valence electrons. The third-order valence-electron chi connectivity index (χ3n) is 8.63. The summed E-state index contributed by atoms with van der Waals surface area (Å²) in [5.41, 5.74) is -0.669. The van der Waals surface area contributed by atoms with E-state index in [1.807, 2.05) is 6.92 Å². The standard InChI is InChI=1S/C32H65NO2/c1-6-8-10-12-14-16-18-19-20-22-24-26-28-30-33(4,5)32(3,31(34)35)29-27-25-23-21-17-15-13-11-9-7-2/h6-30H2,1-5H3/p+1. The average molecular weight is 497 g/mol. The van der Waals surface area contributed by atoms with E-state index >= 15 is 0 Å². The van der Waals surface area contributed by atoms with Crippen LogP contribution in [0.15, 0.2) is 0 Å². The van der Waals surface area contributed by atoms with Crippen LogP contribution in [0.4, 0.5) is 0 Å². The number of unbranched alkanes of at least 4 members (excludes halogenated alkanes) is 21. The van der Waals surface area contributed by atoms with Crippen molar-refractivity contribution < 1.29 is 14.4 Å². The van der Waals surface area contributed by atoms with E-state index in [-0.39, 0.29) is 0 Å². The van der Waals surface area contributed by atoms with Gasteiger partial charge in [0.1, 0.15) is 0 Å². The molecule has 0 aliphatic rings. The Hall–Kier alpha value is -0.570. The van der Waals surface area contributed by atoms with Gasteiger partial charge in [0.25, 0.3) is 0 Å². The first-order valence-electron chi connectivity index (χ1n) is 15.9. The highest BCUT2D eigenvalue weighted by Gasteiger charge is 2.47. The highest BCUT2D eigenvalue weighted by Crippen LogP contribution is 2.29. The van der Waals surface area contributed by atoms with Crippen LogP contribution >= 0.6 is 0 Å². The second-order valence-electron chi connectivity index (χ2n) is 12.2. The number of hydrogen-bond donors (Lipinski definition) is 1. The van der Waals surface area contributed by atoms with E-state index in [1.165, 1.54) is 135 Å². The lowest BCUT2D eigenvalue weighted by atomic mass is 9.89. The average Bonchev–Trinajstić information content (AvgIpc) is 2.82. The lowest BCUT2D eigenvalue weighted by Crippen LogP contribution is -2.62. The van der Waals surface area contributed by atoms with Gasteiger partial charge in [-0.3, -0.25) is 0 Å². The van der Waals surface area contributed by atoms with Gasteiger partial charge in [-0.25, -0.2) is 4.79 Å². The van der Waals surface area contributed by atoms with Crippen molar-refractivity contribution in [2.24, 2.45) is 0 Å². The van der Waals surface area contributed by atoms with Crippen molar-refractivity contribution >= 4 is 5.97 Å². The number of quaternary nitrogens is 1. The molecule has 3 heteroatoms. The molecular weight excluding hydrogens is 430 g/mol. The van der Waals surface area contributed by atoms with E-state index < -0.39 is 11.5 Å². The molecule has 1 atom stereocenters. The molecule has 0 amide bonds. The quantitative estimate of drug-likeness (QED) is 0.0906. The minimum atomic E-state index is -0.669. The Morgan fingerprint density at radius 2 is 0.829 bits per heavy atom. The molecule has 0 heterocycles. The molecule has 35 heavy (non-hydrogen) atoms. The molecule has 0 spiro atoms. The van der Waals surface area contributed by atoms with Gasteiger partial charge in [0.15, 0.2) is 5.54 Å². The molecule has 0 saturated heterocycles. The van der Waals surface area contributed by atoms with Gasteiger partial charge in [-0.2, -0.15) is 0 Å². The molecule has 0 rings (SSSR count). The van der Waals surface area contributed by atoms with Gasteiger partial charge >= 0.3 is 5.97 Å². The summed E-state index contributed by atoms with van der Waals surface area (Å²) in [6, 6.07) is 0. The maximum absolute atomic E-state index is 12.3. The zero-order valence-corrected chi connectivity index (χ0v) is 25.0. The zero-order valence-electron chi connectivity index (χ0n) is 25.0. The number of carboxylic acid groups (broad SMARTS) is 1. The molecule has 1 N–H and O–H groups in total. The SMILES string of the molecule is CCCCCCCCCCCCCCC[N+](C)(C)C(C)(CCCCCCCCCCCC)C(=O)O. The highest BCUT2D eigenvalue weighted by molar-refractivity contribution is 5.76. The van der Waals surface area contributed by atoms with Crippen molar-refractivity contribution in [3.8, 4) is 0 Å². The Balaban J connectivity index is 3.93. The third kappa shape index (κ3) is 17.5. The van der Waals surface area contributed by atoms with Crippen molar-refractivity contribution in [3.05, 3.63) is 0 Å². The maximum Gasteiger partial charge on any atom is 0.365 e. The Labute approximate surface area is 221 Å². The van der Waals surface area contributed by atoms with Gasteiger partial charge in [-0.15, -0.1) is 0 Å². The Morgan fingerprint density at radius 3 is 1.14 bits per heavy atom. The number of likely N-dealkylation sites (N-methyl/N-ethyl adjacent to an activating group) is 1. The van der Waals surface area contributed by atoms with Gasteiger partial charge in [0, 0.05) is 13.3 Å². The molecule has 0 bridgehead atoms. The van der Waals surface area contributed by atoms with Crippen molar-refractivity contribution in [1.82, 2.24) is 0 Å². The second-order valence-corrected chi connectivity index (χ2v) is 12.2. The fourth-order valence-corrected chi connectivity index (χ4v) is 5.40. The Kier molecular flexibility index (Phi) is 22.2. The van der Waals surface area contributed by atoms with Crippen LogP contribution in [0.25, 0.3) is 0 Å². The summed E-state index contributed by atoms with van der Waals surface area (Å²) in [5.74, 6) is -0.617. The molecule has 0 aliphatic heterocycles. The van der Waals surface area contributed by atoms with Crippen molar-refractivity contribution in [2.75, 3.05) is 20.6 Å². The normalized spacial score (nSPS) is 13.7. The second kappa shape index (κ2) is 22.6. The molecular formula is C32H66NO2+. The van der Waals surface area contributed by atoms with E-state index in [4.69, 9.17) is 0 Å². The van der Waals surface area contributed by atoms with Gasteiger partial charge in [-0.1, -0.05) is 142 Å². The lowest BCUT2D eigenvalue weighted by molar-refractivity contribution is -0.931. The fraction of sp³-hybridized carbons (Fsp3) is 0.969. The summed E-state index contributed by atoms with van der Waals surface area (Å²) in [7, 11) is 4.29. The van der Waals surface area contributed by atoms with Gasteiger partial charge in [-0.05, 0) is 19.3 Å². The topological polar surface area (TPSA) is 37.3 Å². The molecule has 0 saturated carbocycles. The largest absolute Gasteiger partial charge is 0.477 e.